The number of aromatic carboxylic acids is 1. The van der Waals surface area contributed by atoms with Gasteiger partial charge in [0.15, 0.2) is 0 Å². The maximum absolute atomic E-state index is 12.8. The molecule has 0 saturated heterocycles. The molecule has 0 heterocycles. The third-order valence-electron chi connectivity index (χ3n) is 2.28. The molecule has 0 aliphatic carbocycles. The van der Waals surface area contributed by atoms with Gasteiger partial charge in [-0.3, -0.25) is 0 Å². The molecule has 0 aliphatic rings. The number of rotatable bonds is 6. The smallest absolute Gasteiger partial charge is 0.337 e. The summed E-state index contributed by atoms with van der Waals surface area (Å²) in [5, 5.41) is 17.2. The number of hydrogen-bond donors (Lipinski definition) is 4. The number of carboxylic acid groups (broad SMARTS) is 1. The van der Waals surface area contributed by atoms with Crippen LogP contribution in [0, 0.1) is 0 Å². The quantitative estimate of drug-likeness (QED) is 0.542. The van der Waals surface area contributed by atoms with Crippen LogP contribution in [0.5, 0.6) is 0 Å². The Morgan fingerprint density at radius 2 is 2.00 bits per heavy atom. The van der Waals surface area contributed by atoms with Gasteiger partial charge in [0, 0.05) is 5.69 Å². The van der Waals surface area contributed by atoms with E-state index >= 15 is 0 Å². The van der Waals surface area contributed by atoms with E-state index < -0.39 is 45.5 Å². The van der Waals surface area contributed by atoms with E-state index in [9.17, 15) is 22.0 Å². The molecule has 0 aliphatic heterocycles. The number of sulfonamides is 1. The van der Waals surface area contributed by atoms with Crippen LogP contribution in [0.4, 0.5) is 14.5 Å². The van der Waals surface area contributed by atoms with Crippen molar-refractivity contribution in [2.45, 2.75) is 10.8 Å². The van der Waals surface area contributed by atoms with Crippen LogP contribution in [0.15, 0.2) is 23.1 Å². The van der Waals surface area contributed by atoms with Crippen LogP contribution in [0.25, 0.3) is 0 Å². The lowest BCUT2D eigenvalue weighted by Crippen LogP contribution is -2.39. The highest BCUT2D eigenvalue weighted by atomic mass is 32.2. The molecule has 0 amide bonds. The second-order valence-corrected chi connectivity index (χ2v) is 5.63. The molecule has 7 nitrogen and oxygen atoms in total. The van der Waals surface area contributed by atoms with Crippen LogP contribution >= 0.6 is 0 Å². The van der Waals surface area contributed by atoms with Gasteiger partial charge in [-0.25, -0.2) is 26.7 Å². The van der Waals surface area contributed by atoms with Gasteiger partial charge in [0.05, 0.1) is 17.0 Å². The summed E-state index contributed by atoms with van der Waals surface area (Å²) in [5.41, 5.74) is 4.72. The standard InChI is InChI=1S/C10H12F2N2O5S/c11-10(12,5-15)4-14-20(18,19)8-3-6(13)1-2-7(8)9(16)17/h1-3,14-15H,4-5,13H2,(H,16,17). The molecule has 1 aromatic carbocycles. The van der Waals surface area contributed by atoms with Gasteiger partial charge >= 0.3 is 5.97 Å². The summed E-state index contributed by atoms with van der Waals surface area (Å²) in [7, 11) is -4.50. The molecule has 20 heavy (non-hydrogen) atoms. The Morgan fingerprint density at radius 3 is 2.50 bits per heavy atom. The summed E-state index contributed by atoms with van der Waals surface area (Å²) in [6.07, 6.45) is 0. The van der Waals surface area contributed by atoms with E-state index in [4.69, 9.17) is 15.9 Å². The fraction of sp³-hybridized carbons (Fsp3) is 0.300. The number of carbonyl (C=O) groups is 1. The molecular formula is C10H12F2N2O5S. The molecular weight excluding hydrogens is 298 g/mol. The lowest BCUT2D eigenvalue weighted by Gasteiger charge is -2.15. The first kappa shape index (κ1) is 16.3. The number of halogens is 2. The molecule has 112 valence electrons. The van der Waals surface area contributed by atoms with Gasteiger partial charge in [0.25, 0.3) is 5.92 Å². The fourth-order valence-corrected chi connectivity index (χ4v) is 2.56. The predicted octanol–water partition coefficient (Wildman–Crippen LogP) is -0.127. The van der Waals surface area contributed by atoms with Crippen LogP contribution in [-0.2, 0) is 10.0 Å². The van der Waals surface area contributed by atoms with Gasteiger partial charge < -0.3 is 15.9 Å². The topological polar surface area (TPSA) is 130 Å². The van der Waals surface area contributed by atoms with Crippen LogP contribution < -0.4 is 10.5 Å². The SMILES string of the molecule is Nc1ccc(C(=O)O)c(S(=O)(=O)NCC(F)(F)CO)c1. The minimum absolute atomic E-state index is 0.0377. The lowest BCUT2D eigenvalue weighted by atomic mass is 10.2. The number of benzene rings is 1. The normalized spacial score (nSPS) is 12.3. The first-order valence-electron chi connectivity index (χ1n) is 5.20. The first-order chi connectivity index (χ1) is 9.09. The molecule has 1 aromatic rings. The van der Waals surface area contributed by atoms with Gasteiger partial charge in [-0.1, -0.05) is 0 Å². The van der Waals surface area contributed by atoms with Gasteiger partial charge in [-0.05, 0) is 18.2 Å². The van der Waals surface area contributed by atoms with Crippen molar-refractivity contribution in [3.8, 4) is 0 Å². The molecule has 0 radical (unpaired) electrons. The number of nitrogens with one attached hydrogen (secondary N) is 1. The average Bonchev–Trinajstić information content (AvgIpc) is 2.36. The highest BCUT2D eigenvalue weighted by Gasteiger charge is 2.31. The number of alkyl halides is 2. The average molecular weight is 310 g/mol. The Hall–Kier alpha value is -1.78. The van der Waals surface area contributed by atoms with Crippen molar-refractivity contribution in [2.24, 2.45) is 0 Å². The minimum atomic E-state index is -4.50. The molecule has 0 atom stereocenters. The summed E-state index contributed by atoms with van der Waals surface area (Å²) in [4.78, 5) is 10.2. The first-order valence-corrected chi connectivity index (χ1v) is 6.68. The molecule has 0 saturated carbocycles. The Balaban J connectivity index is 3.16. The third-order valence-corrected chi connectivity index (χ3v) is 3.72. The fourth-order valence-electron chi connectivity index (χ4n) is 1.27. The Bertz CT molecular complexity index is 618. The zero-order chi connectivity index (χ0) is 15.6. The highest BCUT2D eigenvalue weighted by molar-refractivity contribution is 7.89. The summed E-state index contributed by atoms with van der Waals surface area (Å²) in [6, 6.07) is 2.98. The van der Waals surface area contributed by atoms with Crippen molar-refractivity contribution in [2.75, 3.05) is 18.9 Å². The highest BCUT2D eigenvalue weighted by Crippen LogP contribution is 2.20. The molecule has 0 unspecified atom stereocenters. The number of aliphatic hydroxyl groups is 1. The van der Waals surface area contributed by atoms with Crippen LogP contribution in [0.3, 0.4) is 0 Å². The van der Waals surface area contributed by atoms with Crippen LogP contribution in [0.2, 0.25) is 0 Å². The van der Waals surface area contributed by atoms with Crippen molar-refractivity contribution in [1.29, 1.82) is 0 Å². The lowest BCUT2D eigenvalue weighted by molar-refractivity contribution is -0.0437. The van der Waals surface area contributed by atoms with E-state index in [-0.39, 0.29) is 5.69 Å². The monoisotopic (exact) mass is 310 g/mol. The van der Waals surface area contributed by atoms with E-state index in [0.717, 1.165) is 12.1 Å². The number of anilines is 1. The zero-order valence-corrected chi connectivity index (χ0v) is 10.8. The van der Waals surface area contributed by atoms with Crippen molar-refractivity contribution < 1.29 is 32.2 Å². The number of hydrogen-bond acceptors (Lipinski definition) is 5. The van der Waals surface area contributed by atoms with Crippen molar-refractivity contribution in [3.05, 3.63) is 23.8 Å². The molecule has 1 rings (SSSR count). The Labute approximate surface area is 113 Å². The van der Waals surface area contributed by atoms with E-state index in [2.05, 4.69) is 0 Å². The maximum atomic E-state index is 12.8. The maximum Gasteiger partial charge on any atom is 0.337 e. The molecule has 0 bridgehead atoms. The molecule has 10 heteroatoms. The number of aliphatic hydroxyl groups excluding tert-OH is 1. The summed E-state index contributed by atoms with van der Waals surface area (Å²) in [6.45, 7) is -2.90. The predicted molar refractivity (Wildman–Crippen MR) is 65.0 cm³/mol. The Morgan fingerprint density at radius 1 is 1.40 bits per heavy atom. The summed E-state index contributed by atoms with van der Waals surface area (Å²) < 4.78 is 50.8. The van der Waals surface area contributed by atoms with Gasteiger partial charge in [0.1, 0.15) is 6.61 Å². The van der Waals surface area contributed by atoms with E-state index in [1.165, 1.54) is 10.8 Å². The van der Waals surface area contributed by atoms with E-state index in [1.54, 1.807) is 0 Å². The Kier molecular flexibility index (Phi) is 4.63. The number of nitrogens with two attached hydrogens (primary N) is 1. The van der Waals surface area contributed by atoms with E-state index in [1.807, 2.05) is 0 Å². The second-order valence-electron chi connectivity index (χ2n) is 3.90. The van der Waals surface area contributed by atoms with Gasteiger partial charge in [-0.15, -0.1) is 0 Å². The largest absolute Gasteiger partial charge is 0.478 e. The number of carboxylic acids is 1. The zero-order valence-electron chi connectivity index (χ0n) is 10.0. The van der Waals surface area contributed by atoms with Crippen LogP contribution in [0.1, 0.15) is 10.4 Å². The van der Waals surface area contributed by atoms with Gasteiger partial charge in [-0.2, -0.15) is 0 Å². The second kappa shape index (κ2) is 5.69. The minimum Gasteiger partial charge on any atom is -0.478 e. The summed E-state index contributed by atoms with van der Waals surface area (Å²) in [5.74, 6) is -5.20. The summed E-state index contributed by atoms with van der Waals surface area (Å²) >= 11 is 0. The van der Waals surface area contributed by atoms with Gasteiger partial charge in [0.2, 0.25) is 10.0 Å². The molecule has 0 spiro atoms. The number of nitrogen functional groups attached to an aromatic ring is 1. The van der Waals surface area contributed by atoms with Crippen molar-refractivity contribution in [1.82, 2.24) is 4.72 Å². The van der Waals surface area contributed by atoms with Crippen molar-refractivity contribution >= 4 is 21.7 Å². The van der Waals surface area contributed by atoms with Crippen LogP contribution in [-0.4, -0.2) is 43.7 Å². The third kappa shape index (κ3) is 3.85. The molecule has 5 N–H and O–H groups in total. The van der Waals surface area contributed by atoms with E-state index in [0.29, 0.717) is 0 Å². The molecule has 0 aromatic heterocycles. The molecule has 0 fully saturated rings. The van der Waals surface area contributed by atoms with Crippen molar-refractivity contribution in [3.63, 3.8) is 0 Å².